The van der Waals surface area contributed by atoms with Gasteiger partial charge in [-0.15, -0.1) is 0 Å². The number of imidazole rings is 1. The highest BCUT2D eigenvalue weighted by Crippen LogP contribution is 2.20. The number of anilines is 2. The molecule has 0 bridgehead atoms. The molecule has 2 N–H and O–H groups in total. The van der Waals surface area contributed by atoms with Crippen molar-refractivity contribution in [3.05, 3.63) is 50.9 Å². The van der Waals surface area contributed by atoms with Crippen LogP contribution in [0, 0.1) is 6.92 Å². The number of carbonyl (C=O) groups is 2. The monoisotopic (exact) mass is 445 g/mol. The molecule has 0 saturated heterocycles. The third kappa shape index (κ3) is 4.14. The van der Waals surface area contributed by atoms with Crippen molar-refractivity contribution in [2.45, 2.75) is 19.8 Å². The highest BCUT2D eigenvalue weighted by molar-refractivity contribution is 9.10. The molecule has 1 aromatic carbocycles. The van der Waals surface area contributed by atoms with E-state index in [1.165, 1.54) is 9.13 Å². The number of benzene rings is 1. The van der Waals surface area contributed by atoms with Crippen molar-refractivity contribution in [3.8, 4) is 0 Å². The largest absolute Gasteiger partial charge is 0.329 e. The van der Waals surface area contributed by atoms with E-state index in [0.29, 0.717) is 22.7 Å². The minimum absolute atomic E-state index is 0.0226. The van der Waals surface area contributed by atoms with Gasteiger partial charge < -0.3 is 10.6 Å². The predicted octanol–water partition coefficient (Wildman–Crippen LogP) is 2.70. The van der Waals surface area contributed by atoms with Crippen LogP contribution in [-0.2, 0) is 23.7 Å². The second-order valence-corrected chi connectivity index (χ2v) is 7.35. The molecular formula is C19H20BrN5O3. The van der Waals surface area contributed by atoms with Crippen LogP contribution in [-0.4, -0.2) is 25.9 Å². The molecule has 0 fully saturated rings. The molecule has 0 aliphatic carbocycles. The first-order valence-electron chi connectivity index (χ1n) is 8.64. The number of amides is 2. The number of carbonyl (C=O) groups excluding carboxylic acids is 2. The van der Waals surface area contributed by atoms with Crippen LogP contribution in [0.5, 0.6) is 0 Å². The maximum absolute atomic E-state index is 12.2. The number of nitrogens with one attached hydrogen (secondary N) is 2. The first-order valence-corrected chi connectivity index (χ1v) is 9.44. The van der Waals surface area contributed by atoms with Gasteiger partial charge in [0.05, 0.1) is 5.52 Å². The molecule has 0 spiro atoms. The first-order chi connectivity index (χ1) is 13.3. The summed E-state index contributed by atoms with van der Waals surface area (Å²) in [6.07, 6.45) is 0.0712. The Kier molecular flexibility index (Phi) is 5.64. The topological polar surface area (TPSA) is 98.0 Å². The lowest BCUT2D eigenvalue weighted by molar-refractivity contribution is -0.121. The maximum atomic E-state index is 12.2. The Hall–Kier alpha value is -2.94. The molecular weight excluding hydrogens is 426 g/mol. The molecule has 8 nitrogen and oxygen atoms in total. The van der Waals surface area contributed by atoms with Crippen LogP contribution in [0.2, 0.25) is 0 Å². The Morgan fingerprint density at radius 3 is 2.39 bits per heavy atom. The second kappa shape index (κ2) is 7.97. The SMILES string of the molecule is Cc1cc(NC(=O)CCC(=O)Nc2ccc3c(n2)n(C)c(=O)n3C)ccc1Br. The molecule has 0 saturated carbocycles. The minimum atomic E-state index is -0.324. The summed E-state index contributed by atoms with van der Waals surface area (Å²) in [5, 5.41) is 5.44. The van der Waals surface area contributed by atoms with E-state index >= 15 is 0 Å². The summed E-state index contributed by atoms with van der Waals surface area (Å²) in [5.74, 6) is -0.233. The normalized spacial score (nSPS) is 10.9. The lowest BCUT2D eigenvalue weighted by Gasteiger charge is -2.08. The van der Waals surface area contributed by atoms with E-state index < -0.39 is 0 Å². The lowest BCUT2D eigenvalue weighted by Crippen LogP contribution is -2.19. The van der Waals surface area contributed by atoms with Gasteiger partial charge >= 0.3 is 5.69 Å². The van der Waals surface area contributed by atoms with Crippen LogP contribution in [0.25, 0.3) is 11.2 Å². The van der Waals surface area contributed by atoms with Crippen molar-refractivity contribution in [1.82, 2.24) is 14.1 Å². The molecule has 28 heavy (non-hydrogen) atoms. The van der Waals surface area contributed by atoms with Crippen LogP contribution >= 0.6 is 15.9 Å². The fourth-order valence-electron chi connectivity index (χ4n) is 2.82. The molecule has 146 valence electrons. The van der Waals surface area contributed by atoms with E-state index in [4.69, 9.17) is 0 Å². The van der Waals surface area contributed by atoms with Crippen molar-refractivity contribution in [3.63, 3.8) is 0 Å². The summed E-state index contributed by atoms with van der Waals surface area (Å²) < 4.78 is 3.87. The standard InChI is InChI=1S/C19H20BrN5O3/c1-11-10-12(4-5-13(11)20)21-16(26)8-9-17(27)22-15-7-6-14-18(23-15)25(3)19(28)24(14)2/h4-7,10H,8-9H2,1-3H3,(H,21,26)(H,22,23,27). The predicted molar refractivity (Wildman–Crippen MR) is 111 cm³/mol. The highest BCUT2D eigenvalue weighted by atomic mass is 79.9. The van der Waals surface area contributed by atoms with Crippen molar-refractivity contribution in [1.29, 1.82) is 0 Å². The number of aromatic nitrogens is 3. The van der Waals surface area contributed by atoms with Crippen molar-refractivity contribution in [2.75, 3.05) is 10.6 Å². The molecule has 3 rings (SSSR count). The summed E-state index contributed by atoms with van der Waals surface area (Å²) in [6.45, 7) is 1.93. The Morgan fingerprint density at radius 1 is 1.04 bits per heavy atom. The quantitative estimate of drug-likeness (QED) is 0.630. The number of hydrogen-bond donors (Lipinski definition) is 2. The molecule has 3 aromatic rings. The van der Waals surface area contributed by atoms with Gasteiger partial charge in [-0.1, -0.05) is 15.9 Å². The van der Waals surface area contributed by atoms with Crippen LogP contribution in [0.15, 0.2) is 39.6 Å². The zero-order valence-corrected chi connectivity index (χ0v) is 17.3. The van der Waals surface area contributed by atoms with Gasteiger partial charge in [-0.05, 0) is 42.8 Å². The average Bonchev–Trinajstić information content (AvgIpc) is 2.87. The lowest BCUT2D eigenvalue weighted by atomic mass is 10.2. The molecule has 0 unspecified atom stereocenters. The number of halogens is 1. The third-order valence-electron chi connectivity index (χ3n) is 4.40. The molecule has 0 atom stereocenters. The molecule has 9 heteroatoms. The number of nitrogens with zero attached hydrogens (tertiary/aromatic N) is 3. The van der Waals surface area contributed by atoms with Crippen LogP contribution in [0.4, 0.5) is 11.5 Å². The van der Waals surface area contributed by atoms with Gasteiger partial charge in [-0.3, -0.25) is 18.7 Å². The zero-order chi connectivity index (χ0) is 20.4. The third-order valence-corrected chi connectivity index (χ3v) is 5.29. The van der Waals surface area contributed by atoms with E-state index in [2.05, 4.69) is 31.5 Å². The fourth-order valence-corrected chi connectivity index (χ4v) is 3.06. The second-order valence-electron chi connectivity index (χ2n) is 6.50. The van der Waals surface area contributed by atoms with Gasteiger partial charge in [-0.2, -0.15) is 0 Å². The Labute approximate surface area is 169 Å². The first kappa shape index (κ1) is 19.8. The van der Waals surface area contributed by atoms with Crippen molar-refractivity contribution < 1.29 is 9.59 Å². The Bertz CT molecular complexity index is 1130. The smallest absolute Gasteiger partial charge is 0.326 e. The van der Waals surface area contributed by atoms with Crippen LogP contribution < -0.4 is 16.3 Å². The molecule has 2 aromatic heterocycles. The number of aryl methyl sites for hydroxylation is 3. The summed E-state index contributed by atoms with van der Waals surface area (Å²) in [5.41, 5.74) is 2.66. The highest BCUT2D eigenvalue weighted by Gasteiger charge is 2.12. The van der Waals surface area contributed by atoms with Crippen LogP contribution in [0.1, 0.15) is 18.4 Å². The van der Waals surface area contributed by atoms with Crippen molar-refractivity contribution >= 4 is 50.4 Å². The van der Waals surface area contributed by atoms with E-state index in [-0.39, 0.29) is 30.3 Å². The van der Waals surface area contributed by atoms with E-state index in [1.807, 2.05) is 19.1 Å². The van der Waals surface area contributed by atoms with Gasteiger partial charge in [0.1, 0.15) is 5.82 Å². The molecule has 0 aliphatic heterocycles. The van der Waals surface area contributed by atoms with Crippen molar-refractivity contribution in [2.24, 2.45) is 14.1 Å². The molecule has 2 amide bonds. The van der Waals surface area contributed by atoms with Gasteiger partial charge in [0.25, 0.3) is 0 Å². The van der Waals surface area contributed by atoms with E-state index in [1.54, 1.807) is 32.3 Å². The summed E-state index contributed by atoms with van der Waals surface area (Å²) in [6, 6.07) is 8.85. The summed E-state index contributed by atoms with van der Waals surface area (Å²) >= 11 is 3.41. The Morgan fingerprint density at radius 2 is 1.71 bits per heavy atom. The average molecular weight is 446 g/mol. The fraction of sp³-hybridized carbons (Fsp3) is 0.263. The summed E-state index contributed by atoms with van der Waals surface area (Å²) in [4.78, 5) is 40.5. The van der Waals surface area contributed by atoms with Gasteiger partial charge in [-0.25, -0.2) is 9.78 Å². The van der Waals surface area contributed by atoms with Gasteiger partial charge in [0.2, 0.25) is 11.8 Å². The zero-order valence-electron chi connectivity index (χ0n) is 15.7. The van der Waals surface area contributed by atoms with Gasteiger partial charge in [0.15, 0.2) is 5.65 Å². The number of rotatable bonds is 5. The van der Waals surface area contributed by atoms with Crippen LogP contribution in [0.3, 0.4) is 0 Å². The summed E-state index contributed by atoms with van der Waals surface area (Å²) in [7, 11) is 3.29. The number of pyridine rings is 1. The molecule has 0 radical (unpaired) electrons. The minimum Gasteiger partial charge on any atom is -0.326 e. The number of fused-ring (bicyclic) bond motifs is 1. The van der Waals surface area contributed by atoms with Gasteiger partial charge in [0, 0.05) is 37.1 Å². The van der Waals surface area contributed by atoms with E-state index in [9.17, 15) is 14.4 Å². The maximum Gasteiger partial charge on any atom is 0.329 e. The molecule has 2 heterocycles. The Balaban J connectivity index is 1.58. The number of hydrogen-bond acceptors (Lipinski definition) is 4. The van der Waals surface area contributed by atoms with E-state index in [0.717, 1.165) is 10.0 Å². The molecule has 0 aliphatic rings.